The molecule has 0 amide bonds. The summed E-state index contributed by atoms with van der Waals surface area (Å²) in [5.74, 6) is 0. The zero-order valence-corrected chi connectivity index (χ0v) is 11.1. The van der Waals surface area contributed by atoms with E-state index < -0.39 is 0 Å². The van der Waals surface area contributed by atoms with Crippen LogP contribution in [0.1, 0.15) is 36.1 Å². The Hall–Kier alpha value is -0.450. The lowest BCUT2D eigenvalue weighted by Crippen LogP contribution is -2.15. The SMILES string of the molecule is CCCCOCCCNCc1cnc(C)s1. The van der Waals surface area contributed by atoms with Crippen molar-refractivity contribution in [3.63, 3.8) is 0 Å². The Labute approximate surface area is 102 Å². The summed E-state index contributed by atoms with van der Waals surface area (Å²) < 4.78 is 5.48. The van der Waals surface area contributed by atoms with Crippen molar-refractivity contribution < 1.29 is 4.74 Å². The van der Waals surface area contributed by atoms with E-state index in [9.17, 15) is 0 Å². The first-order valence-electron chi connectivity index (χ1n) is 6.02. The summed E-state index contributed by atoms with van der Waals surface area (Å²) in [6, 6.07) is 0. The van der Waals surface area contributed by atoms with Gasteiger partial charge in [0.05, 0.1) is 5.01 Å². The summed E-state index contributed by atoms with van der Waals surface area (Å²) in [6.45, 7) is 7.94. The summed E-state index contributed by atoms with van der Waals surface area (Å²) in [5, 5.41) is 4.53. The Morgan fingerprint density at radius 1 is 1.38 bits per heavy atom. The molecule has 1 rings (SSSR count). The molecule has 0 aliphatic heterocycles. The van der Waals surface area contributed by atoms with Crippen molar-refractivity contribution in [1.29, 1.82) is 0 Å². The van der Waals surface area contributed by atoms with Gasteiger partial charge in [-0.05, 0) is 26.3 Å². The summed E-state index contributed by atoms with van der Waals surface area (Å²) in [5.41, 5.74) is 0. The van der Waals surface area contributed by atoms with Gasteiger partial charge < -0.3 is 10.1 Å². The number of unbranched alkanes of at least 4 members (excludes halogenated alkanes) is 1. The molecule has 1 N–H and O–H groups in total. The van der Waals surface area contributed by atoms with Gasteiger partial charge in [0.15, 0.2) is 0 Å². The molecule has 0 aliphatic rings. The first kappa shape index (κ1) is 13.6. The van der Waals surface area contributed by atoms with Crippen molar-refractivity contribution in [1.82, 2.24) is 10.3 Å². The van der Waals surface area contributed by atoms with E-state index in [0.717, 1.165) is 37.7 Å². The average molecular weight is 242 g/mol. The maximum Gasteiger partial charge on any atom is 0.0897 e. The molecule has 4 heteroatoms. The minimum atomic E-state index is 0.870. The molecule has 0 atom stereocenters. The fourth-order valence-electron chi connectivity index (χ4n) is 1.35. The summed E-state index contributed by atoms with van der Waals surface area (Å²) in [7, 11) is 0. The van der Waals surface area contributed by atoms with Crippen LogP contribution in [0.15, 0.2) is 6.20 Å². The Kier molecular flexibility index (Phi) is 7.38. The topological polar surface area (TPSA) is 34.1 Å². The second-order valence-electron chi connectivity index (χ2n) is 3.84. The van der Waals surface area contributed by atoms with Gasteiger partial charge in [-0.1, -0.05) is 13.3 Å². The van der Waals surface area contributed by atoms with Gasteiger partial charge in [-0.2, -0.15) is 0 Å². The molecule has 0 unspecified atom stereocenters. The van der Waals surface area contributed by atoms with Crippen LogP contribution in [0.3, 0.4) is 0 Å². The van der Waals surface area contributed by atoms with Crippen LogP contribution < -0.4 is 5.32 Å². The molecular formula is C12H22N2OS. The average Bonchev–Trinajstić information content (AvgIpc) is 2.68. The lowest BCUT2D eigenvalue weighted by Gasteiger charge is -2.04. The normalized spacial score (nSPS) is 10.9. The zero-order valence-electron chi connectivity index (χ0n) is 10.3. The monoisotopic (exact) mass is 242 g/mol. The van der Waals surface area contributed by atoms with Crippen LogP contribution in [0.25, 0.3) is 0 Å². The van der Waals surface area contributed by atoms with E-state index in [1.807, 2.05) is 13.1 Å². The molecule has 1 aromatic rings. The molecule has 16 heavy (non-hydrogen) atoms. The number of nitrogens with zero attached hydrogens (tertiary/aromatic N) is 1. The van der Waals surface area contributed by atoms with Gasteiger partial charge >= 0.3 is 0 Å². The summed E-state index contributed by atoms with van der Waals surface area (Å²) in [6.07, 6.45) is 5.42. The number of hydrogen-bond donors (Lipinski definition) is 1. The van der Waals surface area contributed by atoms with E-state index in [2.05, 4.69) is 17.2 Å². The molecule has 92 valence electrons. The minimum Gasteiger partial charge on any atom is -0.381 e. The predicted molar refractivity (Wildman–Crippen MR) is 68.9 cm³/mol. The molecule has 0 aromatic carbocycles. The third-order valence-electron chi connectivity index (χ3n) is 2.25. The van der Waals surface area contributed by atoms with Gasteiger partial charge in [0.2, 0.25) is 0 Å². The van der Waals surface area contributed by atoms with E-state index in [-0.39, 0.29) is 0 Å². The highest BCUT2D eigenvalue weighted by Gasteiger charge is 1.96. The van der Waals surface area contributed by atoms with Crippen molar-refractivity contribution >= 4 is 11.3 Å². The number of nitrogens with one attached hydrogen (secondary N) is 1. The number of thiazole rings is 1. The van der Waals surface area contributed by atoms with Crippen molar-refractivity contribution in [2.75, 3.05) is 19.8 Å². The lowest BCUT2D eigenvalue weighted by molar-refractivity contribution is 0.129. The van der Waals surface area contributed by atoms with Gasteiger partial charge in [-0.25, -0.2) is 4.98 Å². The summed E-state index contributed by atoms with van der Waals surface area (Å²) in [4.78, 5) is 5.53. The van der Waals surface area contributed by atoms with Crippen LogP contribution in [0, 0.1) is 6.92 Å². The third-order valence-corrected chi connectivity index (χ3v) is 3.17. The van der Waals surface area contributed by atoms with Gasteiger partial charge in [0.25, 0.3) is 0 Å². The van der Waals surface area contributed by atoms with E-state index in [1.54, 1.807) is 11.3 Å². The molecule has 0 spiro atoms. The number of hydrogen-bond acceptors (Lipinski definition) is 4. The van der Waals surface area contributed by atoms with Crippen LogP contribution in [-0.4, -0.2) is 24.7 Å². The van der Waals surface area contributed by atoms with Gasteiger partial charge in [0.1, 0.15) is 0 Å². The molecule has 1 heterocycles. The van der Waals surface area contributed by atoms with Crippen LogP contribution in [0.5, 0.6) is 0 Å². The van der Waals surface area contributed by atoms with Crippen LogP contribution in [-0.2, 0) is 11.3 Å². The molecular weight excluding hydrogens is 220 g/mol. The van der Waals surface area contributed by atoms with Gasteiger partial charge in [-0.3, -0.25) is 0 Å². The predicted octanol–water partition coefficient (Wildman–Crippen LogP) is 2.75. The highest BCUT2D eigenvalue weighted by atomic mass is 32.1. The molecule has 0 bridgehead atoms. The largest absolute Gasteiger partial charge is 0.381 e. The zero-order chi connectivity index (χ0) is 11.6. The second-order valence-corrected chi connectivity index (χ2v) is 5.16. The highest BCUT2D eigenvalue weighted by Crippen LogP contribution is 2.10. The van der Waals surface area contributed by atoms with E-state index in [0.29, 0.717) is 0 Å². The van der Waals surface area contributed by atoms with Crippen LogP contribution in [0.2, 0.25) is 0 Å². The standard InChI is InChI=1S/C12H22N2OS/c1-3-4-7-15-8-5-6-13-9-12-10-14-11(2)16-12/h10,13H,3-9H2,1-2H3. The number of rotatable bonds is 9. The first-order chi connectivity index (χ1) is 7.83. The molecule has 0 aliphatic carbocycles. The van der Waals surface area contributed by atoms with Gasteiger partial charge in [0, 0.05) is 30.8 Å². The summed E-state index contributed by atoms with van der Waals surface area (Å²) >= 11 is 1.76. The van der Waals surface area contributed by atoms with Crippen molar-refractivity contribution in [2.45, 2.75) is 39.7 Å². The fourth-order valence-corrected chi connectivity index (χ4v) is 2.11. The quantitative estimate of drug-likeness (QED) is 0.676. The molecule has 1 aromatic heterocycles. The molecule has 0 radical (unpaired) electrons. The third kappa shape index (κ3) is 6.20. The van der Waals surface area contributed by atoms with Crippen LogP contribution in [0.4, 0.5) is 0 Å². The maximum absolute atomic E-state index is 5.48. The molecule has 0 saturated heterocycles. The smallest absolute Gasteiger partial charge is 0.0897 e. The highest BCUT2D eigenvalue weighted by molar-refractivity contribution is 7.11. The first-order valence-corrected chi connectivity index (χ1v) is 6.84. The molecule has 0 fully saturated rings. The number of aryl methyl sites for hydroxylation is 1. The Bertz CT molecular complexity index is 276. The number of ether oxygens (including phenoxy) is 1. The van der Waals surface area contributed by atoms with E-state index in [4.69, 9.17) is 4.74 Å². The molecule has 0 saturated carbocycles. The van der Waals surface area contributed by atoms with Gasteiger partial charge in [-0.15, -0.1) is 11.3 Å². The Balaban J connectivity index is 1.88. The lowest BCUT2D eigenvalue weighted by atomic mass is 10.3. The second kappa shape index (κ2) is 8.67. The number of aromatic nitrogens is 1. The van der Waals surface area contributed by atoms with Crippen molar-refractivity contribution in [2.24, 2.45) is 0 Å². The van der Waals surface area contributed by atoms with E-state index in [1.165, 1.54) is 17.7 Å². The maximum atomic E-state index is 5.48. The Morgan fingerprint density at radius 3 is 2.88 bits per heavy atom. The van der Waals surface area contributed by atoms with Crippen molar-refractivity contribution in [3.8, 4) is 0 Å². The fraction of sp³-hybridized carbons (Fsp3) is 0.750. The van der Waals surface area contributed by atoms with Crippen molar-refractivity contribution in [3.05, 3.63) is 16.1 Å². The molecule has 3 nitrogen and oxygen atoms in total. The van der Waals surface area contributed by atoms with Crippen LogP contribution >= 0.6 is 11.3 Å². The Morgan fingerprint density at radius 2 is 2.19 bits per heavy atom. The van der Waals surface area contributed by atoms with E-state index >= 15 is 0 Å². The minimum absolute atomic E-state index is 0.870.